The number of piperazine rings is 1. The van der Waals surface area contributed by atoms with E-state index in [1.807, 2.05) is 36.1 Å². The first-order chi connectivity index (χ1) is 15.2. The summed E-state index contributed by atoms with van der Waals surface area (Å²) in [6.45, 7) is 5.01. The number of nitrogens with zero attached hydrogens (tertiary/aromatic N) is 3. The normalized spacial score (nSPS) is 15.2. The van der Waals surface area contributed by atoms with Gasteiger partial charge in [0, 0.05) is 37.9 Å². The molecule has 3 aromatic rings. The highest BCUT2D eigenvalue weighted by molar-refractivity contribution is 7.93. The summed E-state index contributed by atoms with van der Waals surface area (Å²) >= 11 is 1.44. The molecule has 1 amide bonds. The molecule has 0 unspecified atom stereocenters. The Balaban J connectivity index is 1.64. The lowest BCUT2D eigenvalue weighted by Gasteiger charge is -2.32. The molecule has 170 valence electrons. The van der Waals surface area contributed by atoms with Gasteiger partial charge in [-0.2, -0.15) is 0 Å². The molecule has 1 aromatic heterocycles. The largest absolute Gasteiger partial charge is 0.495 e. The summed E-state index contributed by atoms with van der Waals surface area (Å²) < 4.78 is 34.2. The van der Waals surface area contributed by atoms with Crippen LogP contribution in [0.15, 0.2) is 47.4 Å². The third-order valence-corrected chi connectivity index (χ3v) is 8.73. The summed E-state index contributed by atoms with van der Waals surface area (Å²) in [6, 6.07) is 12.4. The van der Waals surface area contributed by atoms with E-state index in [-0.39, 0.29) is 10.8 Å². The van der Waals surface area contributed by atoms with Crippen molar-refractivity contribution in [1.29, 1.82) is 0 Å². The molecule has 0 N–H and O–H groups in total. The van der Waals surface area contributed by atoms with Crippen LogP contribution in [0.1, 0.15) is 15.2 Å². The number of aryl methyl sites for hydroxylation is 1. The number of anilines is 1. The van der Waals surface area contributed by atoms with Gasteiger partial charge in [0.25, 0.3) is 15.9 Å². The SMILES string of the molecule is COc1ccc(C)cc1S(=O)(=O)N(C)c1ccc2sc(C(=O)N3CCN(C)CC3)cc2c1. The van der Waals surface area contributed by atoms with Gasteiger partial charge in [-0.05, 0) is 61.3 Å². The molecule has 0 radical (unpaired) electrons. The number of thiophene rings is 1. The van der Waals surface area contributed by atoms with E-state index in [0.717, 1.165) is 28.7 Å². The van der Waals surface area contributed by atoms with Gasteiger partial charge in [-0.1, -0.05) is 6.07 Å². The van der Waals surface area contributed by atoms with E-state index in [4.69, 9.17) is 4.74 Å². The van der Waals surface area contributed by atoms with Crippen LogP contribution in [0.2, 0.25) is 0 Å². The molecular weight excluding hydrogens is 446 g/mol. The van der Waals surface area contributed by atoms with E-state index in [2.05, 4.69) is 11.9 Å². The Morgan fingerprint density at radius 1 is 1.06 bits per heavy atom. The Kier molecular flexibility index (Phi) is 6.15. The molecule has 0 spiro atoms. The van der Waals surface area contributed by atoms with Gasteiger partial charge in [-0.3, -0.25) is 9.10 Å². The average Bonchev–Trinajstić information content (AvgIpc) is 3.22. The molecule has 0 saturated carbocycles. The number of benzene rings is 2. The number of sulfonamides is 1. The first-order valence-electron chi connectivity index (χ1n) is 10.4. The lowest BCUT2D eigenvalue weighted by atomic mass is 10.2. The van der Waals surface area contributed by atoms with Crippen molar-refractivity contribution < 1.29 is 17.9 Å². The Morgan fingerprint density at radius 2 is 1.78 bits per heavy atom. The standard InChI is InChI=1S/C23H27N3O4S2/c1-16-5-7-19(30-4)22(13-16)32(28,29)25(3)18-6-8-20-17(14-18)15-21(31-20)23(27)26-11-9-24(2)10-12-26/h5-8,13-15H,9-12H2,1-4H3. The van der Waals surface area contributed by atoms with Crippen LogP contribution >= 0.6 is 11.3 Å². The quantitative estimate of drug-likeness (QED) is 0.568. The molecule has 2 heterocycles. The minimum absolute atomic E-state index is 0.0336. The molecule has 32 heavy (non-hydrogen) atoms. The zero-order chi connectivity index (χ0) is 23.0. The fourth-order valence-electron chi connectivity index (χ4n) is 3.77. The summed E-state index contributed by atoms with van der Waals surface area (Å²) in [5, 5.41) is 0.850. The van der Waals surface area contributed by atoms with E-state index in [0.29, 0.717) is 29.4 Å². The number of carbonyl (C=O) groups excluding carboxylic acids is 1. The third-order valence-electron chi connectivity index (χ3n) is 5.82. The summed E-state index contributed by atoms with van der Waals surface area (Å²) in [5.41, 5.74) is 1.36. The van der Waals surface area contributed by atoms with Crippen molar-refractivity contribution in [3.05, 3.63) is 52.9 Å². The predicted octanol–water partition coefficient (Wildman–Crippen LogP) is 3.43. The molecule has 7 nitrogen and oxygen atoms in total. The second-order valence-electron chi connectivity index (χ2n) is 8.06. The maximum atomic E-state index is 13.3. The van der Waals surface area contributed by atoms with Crippen molar-refractivity contribution in [2.24, 2.45) is 0 Å². The lowest BCUT2D eigenvalue weighted by molar-refractivity contribution is 0.0669. The van der Waals surface area contributed by atoms with Crippen LogP contribution in [0.4, 0.5) is 5.69 Å². The molecule has 0 bridgehead atoms. The van der Waals surface area contributed by atoms with Crippen molar-refractivity contribution in [2.75, 3.05) is 51.7 Å². The Morgan fingerprint density at radius 3 is 2.47 bits per heavy atom. The van der Waals surface area contributed by atoms with Crippen molar-refractivity contribution >= 4 is 43.0 Å². The van der Waals surface area contributed by atoms with Gasteiger partial charge in [0.15, 0.2) is 0 Å². The number of hydrogen-bond donors (Lipinski definition) is 0. The van der Waals surface area contributed by atoms with Crippen molar-refractivity contribution in [3.63, 3.8) is 0 Å². The van der Waals surface area contributed by atoms with Gasteiger partial charge < -0.3 is 14.5 Å². The molecule has 2 aromatic carbocycles. The number of likely N-dealkylation sites (N-methyl/N-ethyl adjacent to an activating group) is 1. The summed E-state index contributed by atoms with van der Waals surface area (Å²) in [6.07, 6.45) is 0. The van der Waals surface area contributed by atoms with Gasteiger partial charge in [-0.25, -0.2) is 8.42 Å². The Bertz CT molecular complexity index is 1260. The lowest BCUT2D eigenvalue weighted by Crippen LogP contribution is -2.46. The van der Waals surface area contributed by atoms with Gasteiger partial charge in [0.05, 0.1) is 17.7 Å². The minimum atomic E-state index is -3.83. The summed E-state index contributed by atoms with van der Waals surface area (Å²) in [5.74, 6) is 0.338. The number of methoxy groups -OCH3 is 1. The second kappa shape index (κ2) is 8.73. The number of amides is 1. The third kappa shape index (κ3) is 4.20. The zero-order valence-corrected chi connectivity index (χ0v) is 20.3. The van der Waals surface area contributed by atoms with Crippen LogP contribution in [0.3, 0.4) is 0 Å². The van der Waals surface area contributed by atoms with Crippen LogP contribution in [0.5, 0.6) is 5.75 Å². The van der Waals surface area contributed by atoms with E-state index >= 15 is 0 Å². The van der Waals surface area contributed by atoms with Gasteiger partial charge in [0.2, 0.25) is 0 Å². The number of rotatable bonds is 5. The van der Waals surface area contributed by atoms with Crippen LogP contribution < -0.4 is 9.04 Å². The Hall–Kier alpha value is -2.62. The first-order valence-corrected chi connectivity index (χ1v) is 12.6. The maximum Gasteiger partial charge on any atom is 0.267 e. The van der Waals surface area contributed by atoms with Gasteiger partial charge >= 0.3 is 0 Å². The van der Waals surface area contributed by atoms with Crippen LogP contribution in [-0.2, 0) is 10.0 Å². The minimum Gasteiger partial charge on any atom is -0.495 e. The van der Waals surface area contributed by atoms with E-state index in [9.17, 15) is 13.2 Å². The van der Waals surface area contributed by atoms with E-state index in [1.54, 1.807) is 18.2 Å². The summed E-state index contributed by atoms with van der Waals surface area (Å²) in [4.78, 5) is 17.8. The zero-order valence-electron chi connectivity index (χ0n) is 18.7. The summed E-state index contributed by atoms with van der Waals surface area (Å²) in [7, 11) is 1.22. The maximum absolute atomic E-state index is 13.3. The monoisotopic (exact) mass is 473 g/mol. The molecule has 1 aliphatic rings. The fourth-order valence-corrected chi connectivity index (χ4v) is 6.21. The first kappa shape index (κ1) is 22.6. The molecule has 9 heteroatoms. The van der Waals surface area contributed by atoms with Gasteiger partial charge in [0.1, 0.15) is 10.6 Å². The highest BCUT2D eigenvalue weighted by atomic mass is 32.2. The molecule has 1 fully saturated rings. The smallest absolute Gasteiger partial charge is 0.267 e. The average molecular weight is 474 g/mol. The molecule has 1 aliphatic heterocycles. The Labute approximate surface area is 192 Å². The van der Waals surface area contributed by atoms with Crippen LogP contribution in [0, 0.1) is 6.92 Å². The molecule has 1 saturated heterocycles. The van der Waals surface area contributed by atoms with Crippen molar-refractivity contribution in [3.8, 4) is 5.75 Å². The highest BCUT2D eigenvalue weighted by Gasteiger charge is 2.26. The van der Waals surface area contributed by atoms with Crippen molar-refractivity contribution in [2.45, 2.75) is 11.8 Å². The molecule has 0 aliphatic carbocycles. The van der Waals surface area contributed by atoms with Gasteiger partial charge in [-0.15, -0.1) is 11.3 Å². The van der Waals surface area contributed by atoms with E-state index < -0.39 is 10.0 Å². The fraction of sp³-hybridized carbons (Fsp3) is 0.348. The number of ether oxygens (including phenoxy) is 1. The topological polar surface area (TPSA) is 70.2 Å². The van der Waals surface area contributed by atoms with Crippen molar-refractivity contribution in [1.82, 2.24) is 9.80 Å². The molecule has 0 atom stereocenters. The number of carbonyl (C=O) groups is 1. The van der Waals surface area contributed by atoms with E-state index in [1.165, 1.54) is 29.8 Å². The van der Waals surface area contributed by atoms with Crippen LogP contribution in [0.25, 0.3) is 10.1 Å². The number of fused-ring (bicyclic) bond motifs is 1. The molecular formula is C23H27N3O4S2. The second-order valence-corrected chi connectivity index (χ2v) is 11.1. The highest BCUT2D eigenvalue weighted by Crippen LogP contribution is 2.34. The number of hydrogen-bond acceptors (Lipinski definition) is 6. The van der Waals surface area contributed by atoms with Crippen LogP contribution in [-0.4, -0.2) is 71.5 Å². The predicted molar refractivity (Wildman–Crippen MR) is 129 cm³/mol. The molecule has 4 rings (SSSR count).